The average Bonchev–Trinajstić information content (AvgIpc) is 2.74. The topological polar surface area (TPSA) is 67.6 Å². The summed E-state index contributed by atoms with van der Waals surface area (Å²) < 4.78 is 20.1. The number of hydrogen-bond donors (Lipinski definition) is 1. The molecule has 1 fully saturated rings. The van der Waals surface area contributed by atoms with Gasteiger partial charge in [-0.25, -0.2) is 9.37 Å². The van der Waals surface area contributed by atoms with Gasteiger partial charge in [-0.3, -0.25) is 9.36 Å². The molecule has 0 spiro atoms. The van der Waals surface area contributed by atoms with E-state index in [2.05, 4.69) is 4.98 Å². The van der Waals surface area contributed by atoms with Crippen molar-refractivity contribution in [2.24, 2.45) is 0 Å². The molecule has 3 aromatic rings. The van der Waals surface area contributed by atoms with Gasteiger partial charge in [-0.15, -0.1) is 0 Å². The van der Waals surface area contributed by atoms with Gasteiger partial charge in [0.2, 0.25) is 0 Å². The van der Waals surface area contributed by atoms with E-state index in [9.17, 15) is 14.3 Å². The minimum absolute atomic E-state index is 0.232. The summed E-state index contributed by atoms with van der Waals surface area (Å²) >= 11 is 0. The van der Waals surface area contributed by atoms with Crippen LogP contribution < -0.4 is 15.2 Å². The molecule has 1 aliphatic heterocycles. The summed E-state index contributed by atoms with van der Waals surface area (Å²) in [5.74, 6) is 0.940. The van der Waals surface area contributed by atoms with Crippen molar-refractivity contribution in [3.05, 3.63) is 82.7 Å². The summed E-state index contributed by atoms with van der Waals surface area (Å²) in [7, 11) is 0. The Labute approximate surface area is 167 Å². The van der Waals surface area contributed by atoms with Gasteiger partial charge in [-0.2, -0.15) is 0 Å². The van der Waals surface area contributed by atoms with Crippen molar-refractivity contribution in [2.45, 2.75) is 25.6 Å². The number of benzene rings is 1. The molecule has 1 N–H and O–H groups in total. The molecule has 1 aliphatic rings. The van der Waals surface area contributed by atoms with E-state index in [1.54, 1.807) is 30.6 Å². The molecule has 7 heteroatoms. The third-order valence-electron chi connectivity index (χ3n) is 4.94. The lowest BCUT2D eigenvalue weighted by atomic mass is 10.1. The smallest absolute Gasteiger partial charge is 0.258 e. The van der Waals surface area contributed by atoms with Crippen LogP contribution >= 0.6 is 0 Å². The molecule has 150 valence electrons. The van der Waals surface area contributed by atoms with Crippen LogP contribution in [-0.2, 0) is 6.61 Å². The monoisotopic (exact) mass is 395 g/mol. The number of halogens is 1. The first-order chi connectivity index (χ1) is 14.1. The van der Waals surface area contributed by atoms with Crippen LogP contribution in [0.4, 0.5) is 10.2 Å². The molecule has 0 amide bonds. The molecular weight excluding hydrogens is 373 g/mol. The van der Waals surface area contributed by atoms with Crippen LogP contribution in [0.5, 0.6) is 5.75 Å². The van der Waals surface area contributed by atoms with Gasteiger partial charge in [0.05, 0.1) is 18.0 Å². The maximum atomic E-state index is 13.0. The predicted octanol–water partition coefficient (Wildman–Crippen LogP) is 2.91. The van der Waals surface area contributed by atoms with Crippen LogP contribution in [0, 0.1) is 5.82 Å². The normalized spacial score (nSPS) is 16.6. The zero-order valence-corrected chi connectivity index (χ0v) is 15.9. The molecule has 29 heavy (non-hydrogen) atoms. The van der Waals surface area contributed by atoms with Gasteiger partial charge in [0.15, 0.2) is 0 Å². The number of anilines is 1. The second kappa shape index (κ2) is 8.45. The zero-order chi connectivity index (χ0) is 20.2. The van der Waals surface area contributed by atoms with Crippen LogP contribution in [0.25, 0.3) is 5.69 Å². The standard InChI is InChI=1S/C22H22FN3O3/c23-17-5-3-16(4-6-17)15-29-20-9-11-26(22(28)12-20)18-7-8-21(24-13-18)25-10-1-2-19(27)14-25/h3-9,11-13,19,27H,1-2,10,14-15H2/t19-/m0/s1. The number of β-amino-alcohol motifs (C(OH)–C–C–N with tert-alkyl or cyclic N) is 1. The fourth-order valence-electron chi connectivity index (χ4n) is 3.38. The molecule has 1 aromatic carbocycles. The van der Waals surface area contributed by atoms with Crippen LogP contribution in [0.2, 0.25) is 0 Å². The quantitative estimate of drug-likeness (QED) is 0.720. The number of aromatic nitrogens is 2. The van der Waals surface area contributed by atoms with Gasteiger partial charge in [0, 0.05) is 25.4 Å². The highest BCUT2D eigenvalue weighted by molar-refractivity contribution is 5.44. The first kappa shape index (κ1) is 19.1. The van der Waals surface area contributed by atoms with E-state index >= 15 is 0 Å². The van der Waals surface area contributed by atoms with Gasteiger partial charge < -0.3 is 14.7 Å². The summed E-state index contributed by atoms with van der Waals surface area (Å²) in [5.41, 5.74) is 1.24. The second-order valence-corrected chi connectivity index (χ2v) is 7.10. The highest BCUT2D eigenvalue weighted by atomic mass is 19.1. The summed E-state index contributed by atoms with van der Waals surface area (Å²) in [6, 6.07) is 12.9. The number of nitrogens with zero attached hydrogens (tertiary/aromatic N) is 3. The maximum Gasteiger partial charge on any atom is 0.258 e. The van der Waals surface area contributed by atoms with Gasteiger partial charge in [-0.05, 0) is 48.7 Å². The average molecular weight is 395 g/mol. The Kier molecular flexibility index (Phi) is 5.57. The Bertz CT molecular complexity index is 1020. The van der Waals surface area contributed by atoms with Crippen molar-refractivity contribution < 1.29 is 14.2 Å². The van der Waals surface area contributed by atoms with Crippen molar-refractivity contribution in [1.82, 2.24) is 9.55 Å². The van der Waals surface area contributed by atoms with E-state index in [1.165, 1.54) is 22.8 Å². The fraction of sp³-hybridized carbons (Fsp3) is 0.273. The summed E-state index contributed by atoms with van der Waals surface area (Å²) in [6.45, 7) is 1.69. The van der Waals surface area contributed by atoms with Gasteiger partial charge in [0.1, 0.15) is 24.0 Å². The van der Waals surface area contributed by atoms with Crippen molar-refractivity contribution in [3.8, 4) is 11.4 Å². The second-order valence-electron chi connectivity index (χ2n) is 7.10. The zero-order valence-electron chi connectivity index (χ0n) is 15.9. The number of rotatable bonds is 5. The minimum Gasteiger partial charge on any atom is -0.489 e. The number of ether oxygens (including phenoxy) is 1. The SMILES string of the molecule is O=c1cc(OCc2ccc(F)cc2)ccn1-c1ccc(N2CCC[C@H](O)C2)nc1. The highest BCUT2D eigenvalue weighted by Gasteiger charge is 2.18. The summed E-state index contributed by atoms with van der Waals surface area (Å²) in [4.78, 5) is 19.0. The molecule has 0 bridgehead atoms. The molecule has 0 radical (unpaired) electrons. The molecule has 2 aromatic heterocycles. The van der Waals surface area contributed by atoms with Crippen molar-refractivity contribution >= 4 is 5.82 Å². The molecule has 6 nitrogen and oxygen atoms in total. The van der Waals surface area contributed by atoms with E-state index in [0.717, 1.165) is 30.8 Å². The Morgan fingerprint density at radius 2 is 2.00 bits per heavy atom. The third-order valence-corrected chi connectivity index (χ3v) is 4.94. The molecule has 4 rings (SSSR count). The van der Waals surface area contributed by atoms with Crippen LogP contribution in [0.1, 0.15) is 18.4 Å². The Balaban J connectivity index is 1.44. The van der Waals surface area contributed by atoms with E-state index in [0.29, 0.717) is 18.0 Å². The van der Waals surface area contributed by atoms with E-state index in [-0.39, 0.29) is 24.1 Å². The molecule has 0 aliphatic carbocycles. The van der Waals surface area contributed by atoms with E-state index in [4.69, 9.17) is 4.74 Å². The Morgan fingerprint density at radius 1 is 1.17 bits per heavy atom. The Hall–Kier alpha value is -3.19. The maximum absolute atomic E-state index is 13.0. The van der Waals surface area contributed by atoms with E-state index in [1.807, 2.05) is 17.0 Å². The van der Waals surface area contributed by atoms with Gasteiger partial charge in [0.25, 0.3) is 5.56 Å². The largest absolute Gasteiger partial charge is 0.489 e. The van der Waals surface area contributed by atoms with Crippen molar-refractivity contribution in [3.63, 3.8) is 0 Å². The molecule has 0 saturated carbocycles. The number of pyridine rings is 2. The molecular formula is C22H22FN3O3. The van der Waals surface area contributed by atoms with Crippen LogP contribution in [0.3, 0.4) is 0 Å². The number of piperidine rings is 1. The number of hydrogen-bond acceptors (Lipinski definition) is 5. The summed E-state index contributed by atoms with van der Waals surface area (Å²) in [5, 5.41) is 9.82. The lowest BCUT2D eigenvalue weighted by Crippen LogP contribution is -2.38. The fourth-order valence-corrected chi connectivity index (χ4v) is 3.38. The van der Waals surface area contributed by atoms with Gasteiger partial charge in [-0.1, -0.05) is 12.1 Å². The summed E-state index contributed by atoms with van der Waals surface area (Å²) in [6.07, 6.45) is 4.72. The molecule has 1 atom stereocenters. The third kappa shape index (κ3) is 4.63. The lowest BCUT2D eigenvalue weighted by Gasteiger charge is -2.31. The molecule has 3 heterocycles. The first-order valence-electron chi connectivity index (χ1n) is 9.58. The van der Waals surface area contributed by atoms with Crippen molar-refractivity contribution in [2.75, 3.05) is 18.0 Å². The Morgan fingerprint density at radius 3 is 2.69 bits per heavy atom. The van der Waals surface area contributed by atoms with Crippen LogP contribution in [0.15, 0.2) is 65.7 Å². The molecule has 0 unspecified atom stereocenters. The highest BCUT2D eigenvalue weighted by Crippen LogP contribution is 2.19. The van der Waals surface area contributed by atoms with Gasteiger partial charge >= 0.3 is 0 Å². The number of aliphatic hydroxyl groups is 1. The van der Waals surface area contributed by atoms with Crippen molar-refractivity contribution in [1.29, 1.82) is 0 Å². The minimum atomic E-state index is -0.324. The van der Waals surface area contributed by atoms with E-state index < -0.39 is 0 Å². The molecule has 1 saturated heterocycles. The number of aliphatic hydroxyl groups excluding tert-OH is 1. The first-order valence-corrected chi connectivity index (χ1v) is 9.58. The van der Waals surface area contributed by atoms with Crippen LogP contribution in [-0.4, -0.2) is 33.9 Å². The predicted molar refractivity (Wildman–Crippen MR) is 108 cm³/mol. The lowest BCUT2D eigenvalue weighted by molar-refractivity contribution is 0.154.